The van der Waals surface area contributed by atoms with Gasteiger partial charge in [0.15, 0.2) is 0 Å². The molecule has 34 heavy (non-hydrogen) atoms. The Balaban J connectivity index is 1.07. The second kappa shape index (κ2) is 10.3. The Morgan fingerprint density at radius 1 is 0.912 bits per heavy atom. The predicted molar refractivity (Wildman–Crippen MR) is 135 cm³/mol. The lowest BCUT2D eigenvalue weighted by molar-refractivity contribution is 0.0735. The van der Waals surface area contributed by atoms with Crippen molar-refractivity contribution in [3.05, 3.63) is 72.0 Å². The molecule has 3 heterocycles. The first-order valence-corrected chi connectivity index (χ1v) is 12.3. The van der Waals surface area contributed by atoms with E-state index in [4.69, 9.17) is 9.15 Å². The third kappa shape index (κ3) is 4.82. The first-order valence-electron chi connectivity index (χ1n) is 12.3. The van der Waals surface area contributed by atoms with E-state index >= 15 is 0 Å². The first-order chi connectivity index (χ1) is 16.7. The smallest absolute Gasteiger partial charge is 0.254 e. The highest BCUT2D eigenvalue weighted by Crippen LogP contribution is 2.29. The predicted octanol–water partition coefficient (Wildman–Crippen LogP) is 4.56. The Labute approximate surface area is 201 Å². The summed E-state index contributed by atoms with van der Waals surface area (Å²) in [4.78, 5) is 20.0. The molecule has 6 heteroatoms. The fourth-order valence-corrected chi connectivity index (χ4v) is 5.09. The molecule has 6 nitrogen and oxygen atoms in total. The molecular formula is C28H33N3O3. The Morgan fingerprint density at radius 3 is 2.53 bits per heavy atom. The van der Waals surface area contributed by atoms with Gasteiger partial charge in [0, 0.05) is 50.4 Å². The molecule has 0 spiro atoms. The molecule has 0 aliphatic carbocycles. The standard InChI is InChI=1S/C28H33N3O3/c1-33-27-8-3-2-7-25(27)30-18-16-29(17-19-30)13-4-5-14-31-15-12-22-21-23(26-9-6-20-34-26)10-11-24(22)28(31)32/h2-3,6-11,20-21H,4-5,12-19H2,1H3. The normalized spacial score (nSPS) is 16.6. The number of rotatable bonds is 8. The van der Waals surface area contributed by atoms with Crippen LogP contribution in [0.25, 0.3) is 11.3 Å². The van der Waals surface area contributed by atoms with Crippen LogP contribution in [0.4, 0.5) is 5.69 Å². The Hall–Kier alpha value is -3.25. The van der Waals surface area contributed by atoms with E-state index in [-0.39, 0.29) is 5.91 Å². The number of anilines is 1. The number of ether oxygens (including phenoxy) is 1. The van der Waals surface area contributed by atoms with E-state index in [0.717, 1.165) is 93.3 Å². The van der Waals surface area contributed by atoms with Crippen molar-refractivity contribution in [1.29, 1.82) is 0 Å². The molecule has 0 radical (unpaired) electrons. The summed E-state index contributed by atoms with van der Waals surface area (Å²) in [5.41, 5.74) is 4.19. The average Bonchev–Trinajstić information content (AvgIpc) is 3.43. The molecule has 0 unspecified atom stereocenters. The van der Waals surface area contributed by atoms with Gasteiger partial charge in [-0.05, 0) is 67.8 Å². The van der Waals surface area contributed by atoms with Crippen molar-refractivity contribution in [2.45, 2.75) is 19.3 Å². The minimum absolute atomic E-state index is 0.165. The van der Waals surface area contributed by atoms with Gasteiger partial charge in [0.25, 0.3) is 5.91 Å². The summed E-state index contributed by atoms with van der Waals surface area (Å²) in [5, 5.41) is 0. The van der Waals surface area contributed by atoms with E-state index in [9.17, 15) is 4.79 Å². The molecule has 0 bridgehead atoms. The van der Waals surface area contributed by atoms with Gasteiger partial charge in [-0.1, -0.05) is 18.2 Å². The summed E-state index contributed by atoms with van der Waals surface area (Å²) in [6, 6.07) is 18.2. The number of unbranched alkanes of at least 4 members (excludes halogenated alkanes) is 1. The maximum absolute atomic E-state index is 13.0. The molecule has 0 N–H and O–H groups in total. The summed E-state index contributed by atoms with van der Waals surface area (Å²) >= 11 is 0. The van der Waals surface area contributed by atoms with Gasteiger partial charge in [-0.3, -0.25) is 9.69 Å². The zero-order valence-electron chi connectivity index (χ0n) is 19.9. The number of carbonyl (C=O) groups excluding carboxylic acids is 1. The van der Waals surface area contributed by atoms with E-state index < -0.39 is 0 Å². The van der Waals surface area contributed by atoms with Gasteiger partial charge in [-0.25, -0.2) is 0 Å². The van der Waals surface area contributed by atoms with Gasteiger partial charge < -0.3 is 19.0 Å². The lowest BCUT2D eigenvalue weighted by Crippen LogP contribution is -2.46. The second-order valence-electron chi connectivity index (χ2n) is 9.10. The van der Waals surface area contributed by atoms with Gasteiger partial charge in [-0.2, -0.15) is 0 Å². The lowest BCUT2D eigenvalue weighted by atomic mass is 9.95. The van der Waals surface area contributed by atoms with Crippen LogP contribution >= 0.6 is 0 Å². The van der Waals surface area contributed by atoms with Gasteiger partial charge >= 0.3 is 0 Å². The van der Waals surface area contributed by atoms with Gasteiger partial charge in [0.05, 0.1) is 19.1 Å². The van der Waals surface area contributed by atoms with E-state index in [1.54, 1.807) is 13.4 Å². The second-order valence-corrected chi connectivity index (χ2v) is 9.10. The van der Waals surface area contributed by atoms with Gasteiger partial charge in [-0.15, -0.1) is 0 Å². The minimum atomic E-state index is 0.165. The molecule has 1 fully saturated rings. The maximum Gasteiger partial charge on any atom is 0.254 e. The molecule has 2 aliphatic rings. The largest absolute Gasteiger partial charge is 0.495 e. The van der Waals surface area contributed by atoms with Crippen molar-refractivity contribution >= 4 is 11.6 Å². The van der Waals surface area contributed by atoms with Crippen LogP contribution in [0.2, 0.25) is 0 Å². The number of hydrogen-bond donors (Lipinski definition) is 0. The van der Waals surface area contributed by atoms with E-state index in [0.29, 0.717) is 0 Å². The highest BCUT2D eigenvalue weighted by Gasteiger charge is 2.25. The van der Waals surface area contributed by atoms with Crippen molar-refractivity contribution in [3.8, 4) is 17.1 Å². The average molecular weight is 460 g/mol. The molecule has 2 aliphatic heterocycles. The number of carbonyl (C=O) groups is 1. The molecule has 5 rings (SSSR count). The summed E-state index contributed by atoms with van der Waals surface area (Å²) < 4.78 is 11.0. The number of amides is 1. The molecule has 178 valence electrons. The molecule has 1 aromatic heterocycles. The van der Waals surface area contributed by atoms with E-state index in [1.165, 1.54) is 5.69 Å². The molecule has 2 aromatic carbocycles. The summed E-state index contributed by atoms with van der Waals surface area (Å²) in [6.45, 7) is 6.87. The highest BCUT2D eigenvalue weighted by atomic mass is 16.5. The van der Waals surface area contributed by atoms with Gasteiger partial charge in [0.1, 0.15) is 11.5 Å². The lowest BCUT2D eigenvalue weighted by Gasteiger charge is -2.36. The third-order valence-corrected chi connectivity index (χ3v) is 7.03. The number of fused-ring (bicyclic) bond motifs is 1. The zero-order valence-corrected chi connectivity index (χ0v) is 19.9. The number of methoxy groups -OCH3 is 1. The van der Waals surface area contributed by atoms with Crippen LogP contribution in [0.5, 0.6) is 5.75 Å². The van der Waals surface area contributed by atoms with Crippen molar-refractivity contribution in [1.82, 2.24) is 9.80 Å². The van der Waals surface area contributed by atoms with Crippen molar-refractivity contribution in [3.63, 3.8) is 0 Å². The fourth-order valence-electron chi connectivity index (χ4n) is 5.09. The Bertz CT molecular complexity index is 1100. The van der Waals surface area contributed by atoms with Crippen LogP contribution < -0.4 is 9.64 Å². The monoisotopic (exact) mass is 459 g/mol. The van der Waals surface area contributed by atoms with Gasteiger partial charge in [0.2, 0.25) is 0 Å². The number of furan rings is 1. The Morgan fingerprint density at radius 2 is 1.74 bits per heavy atom. The molecule has 3 aromatic rings. The van der Waals surface area contributed by atoms with Crippen molar-refractivity contribution in [2.75, 3.05) is 57.8 Å². The topological polar surface area (TPSA) is 49.2 Å². The van der Waals surface area contributed by atoms with Crippen LogP contribution in [-0.4, -0.2) is 68.6 Å². The van der Waals surface area contributed by atoms with Crippen LogP contribution in [0.15, 0.2) is 65.3 Å². The first kappa shape index (κ1) is 22.5. The van der Waals surface area contributed by atoms with Crippen LogP contribution in [0.3, 0.4) is 0 Å². The number of benzene rings is 2. The highest BCUT2D eigenvalue weighted by molar-refractivity contribution is 5.97. The summed E-state index contributed by atoms with van der Waals surface area (Å²) in [5.74, 6) is 1.96. The molecular weight excluding hydrogens is 426 g/mol. The number of nitrogens with zero attached hydrogens (tertiary/aromatic N) is 3. The molecule has 1 amide bonds. The van der Waals surface area contributed by atoms with Crippen LogP contribution in [0.1, 0.15) is 28.8 Å². The fraction of sp³-hybridized carbons (Fsp3) is 0.393. The number of piperazine rings is 1. The van der Waals surface area contributed by atoms with Crippen LogP contribution in [-0.2, 0) is 6.42 Å². The molecule has 0 atom stereocenters. The van der Waals surface area contributed by atoms with Crippen molar-refractivity contribution < 1.29 is 13.9 Å². The SMILES string of the molecule is COc1ccccc1N1CCN(CCCCN2CCc3cc(-c4ccco4)ccc3C2=O)CC1. The van der Waals surface area contributed by atoms with E-state index in [2.05, 4.69) is 28.0 Å². The summed E-state index contributed by atoms with van der Waals surface area (Å²) in [7, 11) is 1.74. The number of hydrogen-bond acceptors (Lipinski definition) is 5. The maximum atomic E-state index is 13.0. The Kier molecular flexibility index (Phi) is 6.86. The quantitative estimate of drug-likeness (QED) is 0.463. The van der Waals surface area contributed by atoms with Crippen molar-refractivity contribution in [2.24, 2.45) is 0 Å². The third-order valence-electron chi connectivity index (χ3n) is 7.03. The zero-order chi connectivity index (χ0) is 23.3. The number of para-hydroxylation sites is 2. The molecule has 1 saturated heterocycles. The van der Waals surface area contributed by atoms with E-state index in [1.807, 2.05) is 41.3 Å². The minimum Gasteiger partial charge on any atom is -0.495 e. The molecule has 0 saturated carbocycles. The summed E-state index contributed by atoms with van der Waals surface area (Å²) in [6.07, 6.45) is 4.74. The van der Waals surface area contributed by atoms with Crippen LogP contribution in [0, 0.1) is 0 Å².